The first-order valence-corrected chi connectivity index (χ1v) is 6.91. The quantitative estimate of drug-likeness (QED) is 0.923. The third kappa shape index (κ3) is 3.19. The van der Waals surface area contributed by atoms with E-state index in [4.69, 9.17) is 0 Å². The van der Waals surface area contributed by atoms with Crippen LogP contribution in [0.15, 0.2) is 24.4 Å². The highest BCUT2D eigenvalue weighted by Crippen LogP contribution is 2.36. The molecule has 1 heterocycles. The molecular formula is C14H15F3N2S. The van der Waals surface area contributed by atoms with Crippen LogP contribution in [-0.4, -0.2) is 12.0 Å². The second kappa shape index (κ2) is 5.54. The number of hydrogen-bond acceptors (Lipinski definition) is 3. The first-order chi connectivity index (χ1) is 9.31. The highest BCUT2D eigenvalue weighted by atomic mass is 32.1. The average molecular weight is 300 g/mol. The molecule has 6 heteroatoms. The Hall–Kier alpha value is -1.40. The van der Waals surface area contributed by atoms with E-state index < -0.39 is 11.2 Å². The van der Waals surface area contributed by atoms with Crippen molar-refractivity contribution in [1.29, 1.82) is 0 Å². The summed E-state index contributed by atoms with van der Waals surface area (Å²) in [6.45, 7) is 3.94. The molecule has 0 saturated carbocycles. The van der Waals surface area contributed by atoms with Crippen LogP contribution < -0.4 is 5.32 Å². The van der Waals surface area contributed by atoms with E-state index in [2.05, 4.69) is 10.3 Å². The number of rotatable bonds is 3. The van der Waals surface area contributed by atoms with Crippen molar-refractivity contribution in [2.45, 2.75) is 26.1 Å². The Kier molecular flexibility index (Phi) is 4.15. The lowest BCUT2D eigenvalue weighted by Gasteiger charge is -2.16. The molecular weight excluding hydrogens is 285 g/mol. The lowest BCUT2D eigenvalue weighted by atomic mass is 10.0. The van der Waals surface area contributed by atoms with Crippen LogP contribution in [0.3, 0.4) is 0 Å². The second-order valence-electron chi connectivity index (χ2n) is 4.71. The van der Waals surface area contributed by atoms with Crippen molar-refractivity contribution in [3.05, 3.63) is 51.0 Å². The van der Waals surface area contributed by atoms with Gasteiger partial charge in [0.05, 0.1) is 6.04 Å². The number of thiazole rings is 1. The summed E-state index contributed by atoms with van der Waals surface area (Å²) in [5, 5.41) is 2.25. The van der Waals surface area contributed by atoms with E-state index in [9.17, 15) is 13.2 Å². The molecule has 1 aromatic heterocycles. The largest absolute Gasteiger partial charge is 0.443 e. The zero-order valence-electron chi connectivity index (χ0n) is 11.4. The minimum Gasteiger partial charge on any atom is -0.309 e. The molecule has 2 rings (SSSR count). The zero-order valence-corrected chi connectivity index (χ0v) is 12.2. The molecule has 1 aromatic carbocycles. The van der Waals surface area contributed by atoms with Gasteiger partial charge in [-0.1, -0.05) is 29.3 Å². The maximum atomic E-state index is 12.6. The van der Waals surface area contributed by atoms with Gasteiger partial charge in [0.15, 0.2) is 5.01 Å². The van der Waals surface area contributed by atoms with Crippen LogP contribution in [0.5, 0.6) is 0 Å². The molecule has 0 bridgehead atoms. The molecule has 0 aliphatic heterocycles. The van der Waals surface area contributed by atoms with Gasteiger partial charge in [-0.15, -0.1) is 11.3 Å². The molecule has 0 saturated heterocycles. The molecule has 1 N–H and O–H groups in total. The number of nitrogens with one attached hydrogen (secondary N) is 1. The number of aromatic nitrogens is 1. The lowest BCUT2D eigenvalue weighted by Crippen LogP contribution is -2.16. The molecule has 0 aliphatic rings. The Labute approximate surface area is 119 Å². The second-order valence-corrected chi connectivity index (χ2v) is 5.77. The van der Waals surface area contributed by atoms with Crippen LogP contribution in [0.2, 0.25) is 0 Å². The number of aryl methyl sites for hydroxylation is 2. The van der Waals surface area contributed by atoms with Crippen molar-refractivity contribution in [3.8, 4) is 0 Å². The van der Waals surface area contributed by atoms with Gasteiger partial charge in [0, 0.05) is 11.1 Å². The fourth-order valence-electron chi connectivity index (χ4n) is 2.20. The molecule has 1 unspecified atom stereocenters. The van der Waals surface area contributed by atoms with Crippen molar-refractivity contribution >= 4 is 11.3 Å². The molecule has 0 amide bonds. The Morgan fingerprint density at radius 2 is 1.75 bits per heavy atom. The van der Waals surface area contributed by atoms with E-state index in [0.717, 1.165) is 16.7 Å². The maximum absolute atomic E-state index is 12.6. The summed E-state index contributed by atoms with van der Waals surface area (Å²) >= 11 is 0.680. The van der Waals surface area contributed by atoms with Gasteiger partial charge in [-0.2, -0.15) is 13.2 Å². The van der Waals surface area contributed by atoms with Crippen molar-refractivity contribution in [2.24, 2.45) is 0 Å². The first kappa shape index (κ1) is 15.0. The van der Waals surface area contributed by atoms with Gasteiger partial charge >= 0.3 is 6.18 Å². The van der Waals surface area contributed by atoms with E-state index >= 15 is 0 Å². The summed E-state index contributed by atoms with van der Waals surface area (Å²) in [7, 11) is 1.73. The Bertz CT molecular complexity index is 584. The Balaban J connectivity index is 2.39. The summed E-state index contributed by atoms with van der Waals surface area (Å²) in [6, 6.07) is 5.70. The Morgan fingerprint density at radius 1 is 1.15 bits per heavy atom. The highest BCUT2D eigenvalue weighted by molar-refractivity contribution is 7.11. The third-order valence-corrected chi connectivity index (χ3v) is 4.02. The molecule has 1 atom stereocenters. The van der Waals surface area contributed by atoms with Gasteiger partial charge in [0.25, 0.3) is 0 Å². The van der Waals surface area contributed by atoms with Crippen LogP contribution >= 0.6 is 11.3 Å². The van der Waals surface area contributed by atoms with Gasteiger partial charge in [-0.25, -0.2) is 4.98 Å². The smallest absolute Gasteiger partial charge is 0.309 e. The summed E-state index contributed by atoms with van der Waals surface area (Å²) in [5.41, 5.74) is 3.11. The van der Waals surface area contributed by atoms with Crippen LogP contribution in [-0.2, 0) is 6.18 Å². The summed E-state index contributed by atoms with van der Waals surface area (Å²) in [6.07, 6.45) is -3.09. The molecule has 0 fully saturated rings. The van der Waals surface area contributed by atoms with Crippen LogP contribution in [0.25, 0.3) is 0 Å². The normalized spacial score (nSPS) is 13.5. The number of hydrogen-bond donors (Lipinski definition) is 1. The van der Waals surface area contributed by atoms with Crippen molar-refractivity contribution in [2.75, 3.05) is 7.05 Å². The number of nitrogens with zero attached hydrogens (tertiary/aromatic N) is 1. The minimum absolute atomic E-state index is 0.276. The van der Waals surface area contributed by atoms with E-state index in [-0.39, 0.29) is 6.04 Å². The van der Waals surface area contributed by atoms with Crippen LogP contribution in [0.1, 0.15) is 32.6 Å². The molecule has 108 valence electrons. The minimum atomic E-state index is -4.39. The monoisotopic (exact) mass is 300 g/mol. The maximum Gasteiger partial charge on any atom is 0.443 e. The fraction of sp³-hybridized carbons (Fsp3) is 0.357. The lowest BCUT2D eigenvalue weighted by molar-refractivity contribution is -0.137. The topological polar surface area (TPSA) is 24.9 Å². The molecule has 0 radical (unpaired) electrons. The SMILES string of the molecule is CNC(c1cc(C)cc(C)c1)c1cnc(C(F)(F)F)s1. The van der Waals surface area contributed by atoms with Crippen LogP contribution in [0, 0.1) is 13.8 Å². The summed E-state index contributed by atoms with van der Waals surface area (Å²) < 4.78 is 37.9. The number of benzene rings is 1. The average Bonchev–Trinajstić information content (AvgIpc) is 2.77. The van der Waals surface area contributed by atoms with E-state index in [1.807, 2.05) is 32.0 Å². The van der Waals surface area contributed by atoms with Gasteiger partial charge in [-0.3, -0.25) is 0 Å². The zero-order chi connectivity index (χ0) is 14.9. The van der Waals surface area contributed by atoms with E-state index in [0.29, 0.717) is 16.2 Å². The molecule has 2 aromatic rings. The number of halogens is 3. The Morgan fingerprint density at radius 3 is 2.20 bits per heavy atom. The first-order valence-electron chi connectivity index (χ1n) is 6.09. The van der Waals surface area contributed by atoms with E-state index in [1.54, 1.807) is 7.05 Å². The summed E-state index contributed by atoms with van der Waals surface area (Å²) in [4.78, 5) is 4.04. The fourth-order valence-corrected chi connectivity index (χ4v) is 3.12. The predicted octanol–water partition coefficient (Wildman–Crippen LogP) is 4.09. The van der Waals surface area contributed by atoms with Crippen molar-refractivity contribution in [1.82, 2.24) is 10.3 Å². The summed E-state index contributed by atoms with van der Waals surface area (Å²) in [5.74, 6) is 0. The van der Waals surface area contributed by atoms with Crippen molar-refractivity contribution in [3.63, 3.8) is 0 Å². The van der Waals surface area contributed by atoms with Gasteiger partial charge in [0.1, 0.15) is 0 Å². The van der Waals surface area contributed by atoms with Gasteiger partial charge < -0.3 is 5.32 Å². The molecule has 20 heavy (non-hydrogen) atoms. The number of alkyl halides is 3. The third-order valence-electron chi connectivity index (χ3n) is 2.92. The molecule has 0 aliphatic carbocycles. The predicted molar refractivity (Wildman–Crippen MR) is 73.9 cm³/mol. The van der Waals surface area contributed by atoms with E-state index in [1.165, 1.54) is 6.20 Å². The van der Waals surface area contributed by atoms with Crippen molar-refractivity contribution < 1.29 is 13.2 Å². The highest BCUT2D eigenvalue weighted by Gasteiger charge is 2.35. The van der Waals surface area contributed by atoms with Gasteiger partial charge in [-0.05, 0) is 26.5 Å². The van der Waals surface area contributed by atoms with Gasteiger partial charge in [0.2, 0.25) is 0 Å². The molecule has 0 spiro atoms. The van der Waals surface area contributed by atoms with Crippen LogP contribution in [0.4, 0.5) is 13.2 Å². The standard InChI is InChI=1S/C14H15F3N2S/c1-8-4-9(2)6-10(5-8)12(18-3)11-7-19-13(20-11)14(15,16)17/h4-7,12,18H,1-3H3. The molecule has 2 nitrogen and oxygen atoms in total.